The summed E-state index contributed by atoms with van der Waals surface area (Å²) < 4.78 is 5.30. The third-order valence-electron chi connectivity index (χ3n) is 3.40. The monoisotopic (exact) mass is 339 g/mol. The molecule has 2 aromatic rings. The van der Waals surface area contributed by atoms with Crippen LogP contribution in [-0.4, -0.2) is 10.7 Å². The number of hydrogen-bond acceptors (Lipinski definition) is 5. The van der Waals surface area contributed by atoms with Gasteiger partial charge in [-0.15, -0.1) is 0 Å². The fourth-order valence-electron chi connectivity index (χ4n) is 2.19. The van der Waals surface area contributed by atoms with E-state index in [2.05, 4.69) is 6.92 Å². The van der Waals surface area contributed by atoms with Crippen molar-refractivity contribution in [2.75, 3.05) is 0 Å². The van der Waals surface area contributed by atoms with Crippen LogP contribution in [0, 0.1) is 0 Å². The third kappa shape index (κ3) is 4.45. The van der Waals surface area contributed by atoms with Crippen molar-refractivity contribution in [3.63, 3.8) is 0 Å². The lowest BCUT2D eigenvalue weighted by Crippen LogP contribution is -2.40. The Kier molecular flexibility index (Phi) is 5.98. The van der Waals surface area contributed by atoms with Crippen molar-refractivity contribution in [2.24, 2.45) is 0 Å². The van der Waals surface area contributed by atoms with Gasteiger partial charge in [0.2, 0.25) is 0 Å². The molecule has 1 heterocycles. The summed E-state index contributed by atoms with van der Waals surface area (Å²) in [5, 5.41) is 0.394. The zero-order valence-electron chi connectivity index (χ0n) is 12.8. The molecule has 1 aromatic carbocycles. The third-order valence-corrected chi connectivity index (χ3v) is 3.63. The summed E-state index contributed by atoms with van der Waals surface area (Å²) in [7, 11) is 0. The molecule has 0 saturated carbocycles. The van der Waals surface area contributed by atoms with E-state index in [-0.39, 0.29) is 17.4 Å². The van der Waals surface area contributed by atoms with Crippen molar-refractivity contribution in [1.29, 1.82) is 0 Å². The molecule has 23 heavy (non-hydrogen) atoms. The van der Waals surface area contributed by atoms with Crippen molar-refractivity contribution < 1.29 is 14.0 Å². The Morgan fingerprint density at radius 1 is 1.22 bits per heavy atom. The van der Waals surface area contributed by atoms with E-state index >= 15 is 0 Å². The SMILES string of the molecule is CCCCCCCC(=O)On1c(=O)oc2ccc(Cl)cc2c1=O. The number of halogens is 1. The number of rotatable bonds is 7. The highest BCUT2D eigenvalue weighted by molar-refractivity contribution is 6.31. The summed E-state index contributed by atoms with van der Waals surface area (Å²) in [6.45, 7) is 2.10. The number of carbonyl (C=O) groups excluding carboxylic acids is 1. The highest BCUT2D eigenvalue weighted by atomic mass is 35.5. The molecule has 0 fully saturated rings. The molecule has 1 aromatic heterocycles. The maximum atomic E-state index is 12.2. The van der Waals surface area contributed by atoms with Gasteiger partial charge >= 0.3 is 17.3 Å². The lowest BCUT2D eigenvalue weighted by molar-refractivity contribution is -0.145. The summed E-state index contributed by atoms with van der Waals surface area (Å²) in [5.74, 6) is -1.68. The van der Waals surface area contributed by atoms with Crippen LogP contribution in [0.25, 0.3) is 11.0 Å². The Hall–Kier alpha value is -2.08. The Morgan fingerprint density at radius 3 is 2.70 bits per heavy atom. The van der Waals surface area contributed by atoms with Crippen molar-refractivity contribution in [1.82, 2.24) is 4.73 Å². The van der Waals surface area contributed by atoms with Crippen LogP contribution < -0.4 is 16.2 Å². The van der Waals surface area contributed by atoms with Crippen LogP contribution in [-0.2, 0) is 4.79 Å². The highest BCUT2D eigenvalue weighted by Gasteiger charge is 2.14. The van der Waals surface area contributed by atoms with Crippen LogP contribution in [0.15, 0.2) is 32.2 Å². The van der Waals surface area contributed by atoms with Gasteiger partial charge in [0.05, 0.1) is 5.39 Å². The molecule has 0 bridgehead atoms. The van der Waals surface area contributed by atoms with Gasteiger partial charge in [-0.05, 0) is 24.6 Å². The second-order valence-corrected chi connectivity index (χ2v) is 5.67. The molecule has 0 aliphatic carbocycles. The number of aromatic nitrogens is 1. The molecule has 0 atom stereocenters. The zero-order chi connectivity index (χ0) is 16.8. The minimum Gasteiger partial charge on any atom is -0.407 e. The summed E-state index contributed by atoms with van der Waals surface area (Å²) in [6, 6.07) is 4.27. The van der Waals surface area contributed by atoms with E-state index in [1.54, 1.807) is 0 Å². The molecule has 0 aliphatic rings. The topological polar surface area (TPSA) is 78.5 Å². The highest BCUT2D eigenvalue weighted by Crippen LogP contribution is 2.14. The van der Waals surface area contributed by atoms with Crippen LogP contribution in [0.5, 0.6) is 0 Å². The van der Waals surface area contributed by atoms with E-state index in [0.29, 0.717) is 16.2 Å². The number of unbranched alkanes of at least 4 members (excludes halogenated alkanes) is 4. The predicted molar refractivity (Wildman–Crippen MR) is 86.7 cm³/mol. The van der Waals surface area contributed by atoms with Crippen LogP contribution in [0.3, 0.4) is 0 Å². The second kappa shape index (κ2) is 7.97. The van der Waals surface area contributed by atoms with Gasteiger partial charge in [-0.25, -0.2) is 9.59 Å². The van der Waals surface area contributed by atoms with Crippen molar-refractivity contribution >= 4 is 28.5 Å². The van der Waals surface area contributed by atoms with Gasteiger partial charge < -0.3 is 9.25 Å². The first kappa shape index (κ1) is 17.3. The van der Waals surface area contributed by atoms with Crippen LogP contribution in [0.1, 0.15) is 45.4 Å². The molecule has 0 N–H and O–H groups in total. The van der Waals surface area contributed by atoms with Crippen LogP contribution in [0.2, 0.25) is 5.02 Å². The first-order valence-electron chi connectivity index (χ1n) is 7.59. The standard InChI is InChI=1S/C16H18ClNO5/c1-2-3-4-5-6-7-14(19)23-18-15(20)12-10-11(17)8-9-13(12)22-16(18)21/h8-10H,2-7H2,1H3. The van der Waals surface area contributed by atoms with Crippen LogP contribution in [0.4, 0.5) is 0 Å². The number of fused-ring (bicyclic) bond motifs is 1. The average molecular weight is 340 g/mol. The largest absolute Gasteiger partial charge is 0.456 e. The molecule has 124 valence electrons. The minimum absolute atomic E-state index is 0.0767. The van der Waals surface area contributed by atoms with Gasteiger partial charge in [0.25, 0.3) is 0 Å². The molecule has 0 amide bonds. The first-order valence-corrected chi connectivity index (χ1v) is 7.97. The molecule has 7 heteroatoms. The van der Waals surface area contributed by atoms with Gasteiger partial charge in [0.15, 0.2) is 0 Å². The summed E-state index contributed by atoms with van der Waals surface area (Å²) in [6.07, 6.45) is 4.96. The molecule has 0 saturated heterocycles. The molecule has 2 rings (SSSR count). The van der Waals surface area contributed by atoms with Crippen LogP contribution >= 0.6 is 11.6 Å². The Balaban J connectivity index is 2.12. The van der Waals surface area contributed by atoms with Gasteiger partial charge in [-0.1, -0.05) is 48.9 Å². The smallest absolute Gasteiger partial charge is 0.407 e. The number of benzene rings is 1. The van der Waals surface area contributed by atoms with E-state index in [1.807, 2.05) is 0 Å². The Morgan fingerprint density at radius 2 is 1.96 bits per heavy atom. The molecule has 0 spiro atoms. The Labute approximate surface area is 137 Å². The molecular weight excluding hydrogens is 322 g/mol. The zero-order valence-corrected chi connectivity index (χ0v) is 13.6. The fraction of sp³-hybridized carbons (Fsp3) is 0.438. The summed E-state index contributed by atoms with van der Waals surface area (Å²) >= 11 is 5.82. The molecular formula is C16H18ClNO5. The normalized spacial score (nSPS) is 10.9. The number of nitrogens with zero attached hydrogens (tertiary/aromatic N) is 1. The van der Waals surface area contributed by atoms with Gasteiger partial charge in [0.1, 0.15) is 5.58 Å². The second-order valence-electron chi connectivity index (χ2n) is 5.24. The maximum absolute atomic E-state index is 12.2. The minimum atomic E-state index is -1.04. The Bertz CT molecular complexity index is 808. The van der Waals surface area contributed by atoms with E-state index in [1.165, 1.54) is 18.2 Å². The van der Waals surface area contributed by atoms with E-state index < -0.39 is 17.3 Å². The van der Waals surface area contributed by atoms with E-state index in [0.717, 1.165) is 25.7 Å². The van der Waals surface area contributed by atoms with Gasteiger partial charge in [-0.2, -0.15) is 0 Å². The lowest BCUT2D eigenvalue weighted by Gasteiger charge is -2.05. The van der Waals surface area contributed by atoms with Crippen molar-refractivity contribution in [2.45, 2.75) is 45.4 Å². The summed E-state index contributed by atoms with van der Waals surface area (Å²) in [5.41, 5.74) is -0.672. The van der Waals surface area contributed by atoms with Gasteiger partial charge in [0, 0.05) is 11.4 Å². The number of carbonyl (C=O) groups is 1. The first-order chi connectivity index (χ1) is 11.0. The van der Waals surface area contributed by atoms with E-state index in [9.17, 15) is 14.4 Å². The molecule has 6 nitrogen and oxygen atoms in total. The molecule has 0 unspecified atom stereocenters. The molecule has 0 aliphatic heterocycles. The fourth-order valence-corrected chi connectivity index (χ4v) is 2.36. The lowest BCUT2D eigenvalue weighted by atomic mass is 10.1. The van der Waals surface area contributed by atoms with Gasteiger partial charge in [-0.3, -0.25) is 4.79 Å². The maximum Gasteiger partial charge on any atom is 0.456 e. The van der Waals surface area contributed by atoms with E-state index in [4.69, 9.17) is 20.9 Å². The van der Waals surface area contributed by atoms with Crippen molar-refractivity contribution in [3.8, 4) is 0 Å². The quantitative estimate of drug-likeness (QED) is 0.725. The average Bonchev–Trinajstić information content (AvgIpc) is 2.52. The summed E-state index contributed by atoms with van der Waals surface area (Å²) in [4.78, 5) is 40.6. The van der Waals surface area contributed by atoms with Crippen molar-refractivity contribution in [3.05, 3.63) is 44.1 Å². The predicted octanol–water partition coefficient (Wildman–Crippen LogP) is 2.92. The molecule has 0 radical (unpaired) electrons. The number of hydrogen-bond donors (Lipinski definition) is 0.